The smallest absolute Gasteiger partial charge is 0.0883 e. The van der Waals surface area contributed by atoms with E-state index in [9.17, 15) is 0 Å². The molecule has 10 rings (SSSR count). The SMILES string of the molecule is Bc1ccc2c(-c3cccc(-c4cccc5ccccc45)c3)c3cc(-c4ccccc4)ccc3c(-c3cccc(-c4cccc5ccccc45)c3)c2c1. The second kappa shape index (κ2) is 12.8. The van der Waals surface area contributed by atoms with Gasteiger partial charge in [0.15, 0.2) is 0 Å². The van der Waals surface area contributed by atoms with E-state index < -0.39 is 0 Å². The molecule has 0 aliphatic heterocycles. The molecule has 0 aliphatic carbocycles. The predicted molar refractivity (Wildman–Crippen MR) is 232 cm³/mol. The van der Waals surface area contributed by atoms with E-state index >= 15 is 0 Å². The minimum atomic E-state index is 1.21. The first-order chi connectivity index (χ1) is 26.2. The van der Waals surface area contributed by atoms with Gasteiger partial charge in [-0.3, -0.25) is 0 Å². The molecule has 10 aromatic rings. The summed E-state index contributed by atoms with van der Waals surface area (Å²) in [4.78, 5) is 0. The van der Waals surface area contributed by atoms with E-state index in [0.29, 0.717) is 0 Å². The van der Waals surface area contributed by atoms with Crippen molar-refractivity contribution in [3.8, 4) is 55.6 Å². The molecule has 0 heterocycles. The van der Waals surface area contributed by atoms with Gasteiger partial charge in [-0.2, -0.15) is 0 Å². The van der Waals surface area contributed by atoms with E-state index in [1.54, 1.807) is 0 Å². The Morgan fingerprint density at radius 2 is 0.698 bits per heavy atom. The molecule has 0 aliphatic rings. The highest BCUT2D eigenvalue weighted by atomic mass is 14.2. The number of hydrogen-bond donors (Lipinski definition) is 0. The van der Waals surface area contributed by atoms with Crippen LogP contribution in [0.3, 0.4) is 0 Å². The third-order valence-electron chi connectivity index (χ3n) is 10.9. The van der Waals surface area contributed by atoms with E-state index in [2.05, 4.69) is 208 Å². The summed E-state index contributed by atoms with van der Waals surface area (Å²) < 4.78 is 0. The van der Waals surface area contributed by atoms with Gasteiger partial charge in [0.25, 0.3) is 0 Å². The third-order valence-corrected chi connectivity index (χ3v) is 10.9. The van der Waals surface area contributed by atoms with Gasteiger partial charge in [-0.1, -0.05) is 187 Å². The highest BCUT2D eigenvalue weighted by molar-refractivity contribution is 6.34. The van der Waals surface area contributed by atoms with E-state index in [-0.39, 0.29) is 0 Å². The molecule has 0 nitrogen and oxygen atoms in total. The second-order valence-electron chi connectivity index (χ2n) is 14.1. The van der Waals surface area contributed by atoms with Gasteiger partial charge in [-0.15, -0.1) is 0 Å². The van der Waals surface area contributed by atoms with Crippen LogP contribution in [0.5, 0.6) is 0 Å². The summed E-state index contributed by atoms with van der Waals surface area (Å²) in [5.74, 6) is 0. The molecular formula is C52H35B. The molecule has 0 saturated heterocycles. The molecule has 0 spiro atoms. The van der Waals surface area contributed by atoms with Crippen LogP contribution in [-0.2, 0) is 0 Å². The van der Waals surface area contributed by atoms with Crippen LogP contribution in [0.1, 0.15) is 0 Å². The fourth-order valence-electron chi connectivity index (χ4n) is 8.41. The third kappa shape index (κ3) is 5.41. The maximum Gasteiger partial charge on any atom is 0.139 e. The van der Waals surface area contributed by atoms with Crippen LogP contribution in [0.2, 0.25) is 0 Å². The summed E-state index contributed by atoms with van der Waals surface area (Å²) in [5, 5.41) is 10.1. The summed E-state index contributed by atoms with van der Waals surface area (Å²) in [6.45, 7) is 0. The molecule has 0 bridgehead atoms. The Morgan fingerprint density at radius 1 is 0.245 bits per heavy atom. The molecule has 0 fully saturated rings. The van der Waals surface area contributed by atoms with Crippen molar-refractivity contribution in [3.63, 3.8) is 0 Å². The normalized spacial score (nSPS) is 11.5. The van der Waals surface area contributed by atoms with Crippen LogP contribution in [0.15, 0.2) is 200 Å². The minimum Gasteiger partial charge on any atom is -0.0883 e. The van der Waals surface area contributed by atoms with Gasteiger partial charge in [0.2, 0.25) is 0 Å². The fourth-order valence-corrected chi connectivity index (χ4v) is 8.41. The zero-order chi connectivity index (χ0) is 35.3. The standard InChI is InChI=1S/C52H35B/c53-42-27-29-48-50(33-42)52(41-21-9-19-39(31-41)46-25-11-17-36-15-5-7-23-44(36)46)47-28-26-37(34-12-2-1-3-13-34)32-49(47)51(48)40-20-8-18-38(30-40)45-24-10-16-35-14-4-6-22-43(35)45/h1-33H,53H2. The van der Waals surface area contributed by atoms with Gasteiger partial charge in [0, 0.05) is 0 Å². The van der Waals surface area contributed by atoms with Crippen molar-refractivity contribution in [2.24, 2.45) is 0 Å². The van der Waals surface area contributed by atoms with Gasteiger partial charge < -0.3 is 0 Å². The van der Waals surface area contributed by atoms with E-state index in [1.165, 1.54) is 104 Å². The van der Waals surface area contributed by atoms with E-state index in [0.717, 1.165) is 0 Å². The van der Waals surface area contributed by atoms with Crippen molar-refractivity contribution in [1.82, 2.24) is 0 Å². The van der Waals surface area contributed by atoms with Crippen molar-refractivity contribution in [3.05, 3.63) is 200 Å². The van der Waals surface area contributed by atoms with Crippen molar-refractivity contribution in [2.45, 2.75) is 0 Å². The largest absolute Gasteiger partial charge is 0.139 e. The average Bonchev–Trinajstić information content (AvgIpc) is 3.22. The average molecular weight is 671 g/mol. The summed E-state index contributed by atoms with van der Waals surface area (Å²) in [6.07, 6.45) is 0. The molecule has 0 unspecified atom stereocenters. The Morgan fingerprint density at radius 3 is 1.30 bits per heavy atom. The lowest BCUT2D eigenvalue weighted by atomic mass is 9.81. The highest BCUT2D eigenvalue weighted by Gasteiger charge is 2.19. The fraction of sp³-hybridized carbons (Fsp3) is 0. The molecular weight excluding hydrogens is 635 g/mol. The molecule has 1 heteroatoms. The summed E-state index contributed by atoms with van der Waals surface area (Å²) >= 11 is 0. The molecule has 0 aromatic heterocycles. The van der Waals surface area contributed by atoms with Crippen molar-refractivity contribution in [1.29, 1.82) is 0 Å². The van der Waals surface area contributed by atoms with Gasteiger partial charge >= 0.3 is 0 Å². The summed E-state index contributed by atoms with van der Waals surface area (Å²) in [5.41, 5.74) is 13.6. The van der Waals surface area contributed by atoms with Crippen LogP contribution in [0.4, 0.5) is 0 Å². The summed E-state index contributed by atoms with van der Waals surface area (Å²) in [7, 11) is 2.21. The van der Waals surface area contributed by atoms with Crippen LogP contribution in [0, 0.1) is 0 Å². The number of benzene rings is 10. The van der Waals surface area contributed by atoms with Crippen LogP contribution in [0.25, 0.3) is 98.7 Å². The van der Waals surface area contributed by atoms with E-state index in [1.807, 2.05) is 0 Å². The lowest BCUT2D eigenvalue weighted by molar-refractivity contribution is 1.61. The van der Waals surface area contributed by atoms with Gasteiger partial charge in [-0.25, -0.2) is 0 Å². The zero-order valence-corrected chi connectivity index (χ0v) is 29.6. The Bertz CT molecular complexity index is 3000. The first-order valence-corrected chi connectivity index (χ1v) is 18.4. The van der Waals surface area contributed by atoms with Crippen molar-refractivity contribution in [2.75, 3.05) is 0 Å². The topological polar surface area (TPSA) is 0 Å². The van der Waals surface area contributed by atoms with Gasteiger partial charge in [0.05, 0.1) is 0 Å². The maximum atomic E-state index is 2.42. The maximum absolute atomic E-state index is 2.42. The quantitative estimate of drug-likeness (QED) is 0.126. The molecule has 0 atom stereocenters. The molecule has 53 heavy (non-hydrogen) atoms. The van der Waals surface area contributed by atoms with Crippen LogP contribution < -0.4 is 5.46 Å². The number of fused-ring (bicyclic) bond motifs is 4. The first kappa shape index (κ1) is 31.1. The highest BCUT2D eigenvalue weighted by Crippen LogP contribution is 2.46. The number of rotatable bonds is 5. The van der Waals surface area contributed by atoms with Crippen LogP contribution in [-0.4, -0.2) is 7.85 Å². The molecule has 0 amide bonds. The van der Waals surface area contributed by atoms with Crippen molar-refractivity contribution < 1.29 is 0 Å². The Hall–Kier alpha value is -6.70. The van der Waals surface area contributed by atoms with Gasteiger partial charge in [0.1, 0.15) is 7.85 Å². The Labute approximate surface area is 311 Å². The Balaban J connectivity index is 1.27. The van der Waals surface area contributed by atoms with Gasteiger partial charge in [-0.05, 0) is 117 Å². The van der Waals surface area contributed by atoms with Crippen molar-refractivity contribution >= 4 is 56.4 Å². The molecule has 0 saturated carbocycles. The zero-order valence-electron chi connectivity index (χ0n) is 29.6. The second-order valence-corrected chi connectivity index (χ2v) is 14.1. The lowest BCUT2D eigenvalue weighted by Crippen LogP contribution is -2.02. The first-order valence-electron chi connectivity index (χ1n) is 18.4. The van der Waals surface area contributed by atoms with Crippen LogP contribution >= 0.6 is 0 Å². The molecule has 10 aromatic carbocycles. The lowest BCUT2D eigenvalue weighted by Gasteiger charge is -2.20. The molecule has 0 radical (unpaired) electrons. The number of hydrogen-bond acceptors (Lipinski definition) is 0. The predicted octanol–water partition coefficient (Wildman–Crippen LogP) is 12.9. The minimum absolute atomic E-state index is 1.21. The monoisotopic (exact) mass is 670 g/mol. The molecule has 246 valence electrons. The Kier molecular flexibility index (Phi) is 7.51. The molecule has 0 N–H and O–H groups in total. The van der Waals surface area contributed by atoms with E-state index in [4.69, 9.17) is 0 Å². The summed E-state index contributed by atoms with van der Waals surface area (Å²) in [6, 6.07) is 73.8.